The molecule has 222 valence electrons. The number of ether oxygens (including phenoxy) is 1. The SMILES string of the molecule is CC(C)(OC[C@@H](c1nc2ccc([C@H](NC(=O)CC3CC(F)(F)C3)C3CC3)cc2[nH]1)c1conc1C(N)=O)C(F)(F)F. The second-order valence-corrected chi connectivity index (χ2v) is 11.5. The van der Waals surface area contributed by atoms with E-state index in [9.17, 15) is 31.5 Å². The molecule has 2 atom stereocenters. The summed E-state index contributed by atoms with van der Waals surface area (Å²) in [5.74, 6) is -4.88. The summed E-state index contributed by atoms with van der Waals surface area (Å²) in [6.07, 6.45) is -2.29. The molecule has 2 fully saturated rings. The first-order chi connectivity index (χ1) is 19.1. The Balaban J connectivity index is 1.40. The maximum absolute atomic E-state index is 13.5. The monoisotopic (exact) mass is 583 g/mol. The molecule has 0 spiro atoms. The molecular weight excluding hydrogens is 553 g/mol. The molecule has 0 saturated heterocycles. The van der Waals surface area contributed by atoms with Gasteiger partial charge in [0.15, 0.2) is 11.3 Å². The number of primary amides is 1. The van der Waals surface area contributed by atoms with Crippen molar-refractivity contribution in [3.8, 4) is 0 Å². The van der Waals surface area contributed by atoms with Crippen LogP contribution in [0.4, 0.5) is 22.0 Å². The zero-order valence-electron chi connectivity index (χ0n) is 22.4. The van der Waals surface area contributed by atoms with E-state index < -0.39 is 36.1 Å². The maximum Gasteiger partial charge on any atom is 0.416 e. The minimum Gasteiger partial charge on any atom is -0.365 e. The molecule has 0 aliphatic heterocycles. The van der Waals surface area contributed by atoms with Crippen LogP contribution in [0.15, 0.2) is 29.0 Å². The number of aromatic nitrogens is 3. The van der Waals surface area contributed by atoms with E-state index >= 15 is 0 Å². The van der Waals surface area contributed by atoms with Crippen molar-refractivity contribution in [1.82, 2.24) is 20.4 Å². The maximum atomic E-state index is 13.5. The molecule has 5 rings (SSSR count). The highest BCUT2D eigenvalue weighted by molar-refractivity contribution is 5.92. The number of aromatic amines is 1. The second kappa shape index (κ2) is 10.4. The smallest absolute Gasteiger partial charge is 0.365 e. The second-order valence-electron chi connectivity index (χ2n) is 11.5. The van der Waals surface area contributed by atoms with Crippen LogP contribution in [0.5, 0.6) is 0 Å². The van der Waals surface area contributed by atoms with E-state index in [-0.39, 0.29) is 60.1 Å². The van der Waals surface area contributed by atoms with Crippen LogP contribution in [0.2, 0.25) is 0 Å². The van der Waals surface area contributed by atoms with Crippen LogP contribution in [0, 0.1) is 11.8 Å². The summed E-state index contributed by atoms with van der Waals surface area (Å²) in [5, 5.41) is 6.58. The number of hydrogen-bond donors (Lipinski definition) is 3. The average molecular weight is 584 g/mol. The van der Waals surface area contributed by atoms with Crippen molar-refractivity contribution >= 4 is 22.8 Å². The lowest BCUT2D eigenvalue weighted by Crippen LogP contribution is -2.42. The summed E-state index contributed by atoms with van der Waals surface area (Å²) >= 11 is 0. The van der Waals surface area contributed by atoms with Crippen molar-refractivity contribution < 1.29 is 40.8 Å². The van der Waals surface area contributed by atoms with Crippen LogP contribution < -0.4 is 11.1 Å². The summed E-state index contributed by atoms with van der Waals surface area (Å²) in [6, 6.07) is 4.96. The fourth-order valence-electron chi connectivity index (χ4n) is 5.10. The number of alkyl halides is 5. The number of nitrogens with two attached hydrogens (primary N) is 1. The summed E-state index contributed by atoms with van der Waals surface area (Å²) < 4.78 is 77.0. The Morgan fingerprint density at radius 1 is 1.24 bits per heavy atom. The standard InChI is InChI=1S/C27H30F5N5O4/c1-25(2,27(30,31)32)40-11-17(16-12-41-37-22(16)23(33)39)24-34-18-6-5-15(8-19(18)35-24)21(14-3-4-14)36-20(38)7-13-9-26(28,29)10-13/h5-6,8,12-14,17,21H,3-4,7,9-11H2,1-2H3,(H2,33,39)(H,34,35)(H,36,38)/t17-,21-/m1/s1. The lowest BCUT2D eigenvalue weighted by atomic mass is 9.79. The molecule has 2 aliphatic rings. The van der Waals surface area contributed by atoms with Gasteiger partial charge in [-0.15, -0.1) is 0 Å². The van der Waals surface area contributed by atoms with Crippen LogP contribution in [0.1, 0.15) is 85.4 Å². The predicted molar refractivity (Wildman–Crippen MR) is 135 cm³/mol. The zero-order valence-corrected chi connectivity index (χ0v) is 22.4. The Bertz CT molecular complexity index is 1440. The Labute approximate surface area is 231 Å². The number of nitrogens with zero attached hydrogens (tertiary/aromatic N) is 2. The topological polar surface area (TPSA) is 136 Å². The van der Waals surface area contributed by atoms with Crippen molar-refractivity contribution in [2.45, 2.75) is 75.6 Å². The Morgan fingerprint density at radius 2 is 1.95 bits per heavy atom. The number of amides is 2. The summed E-state index contributed by atoms with van der Waals surface area (Å²) in [6.45, 7) is 1.25. The molecule has 3 aromatic rings. The number of nitrogens with one attached hydrogen (secondary N) is 2. The fraction of sp³-hybridized carbons (Fsp3) is 0.556. The van der Waals surface area contributed by atoms with Gasteiger partial charge in [-0.05, 0) is 56.2 Å². The molecule has 0 radical (unpaired) electrons. The lowest BCUT2D eigenvalue weighted by molar-refractivity contribution is -0.264. The normalized spacial score (nSPS) is 19.1. The number of rotatable bonds is 11. The van der Waals surface area contributed by atoms with Gasteiger partial charge in [0, 0.05) is 24.8 Å². The van der Waals surface area contributed by atoms with E-state index in [1.54, 1.807) is 18.2 Å². The largest absolute Gasteiger partial charge is 0.416 e. The van der Waals surface area contributed by atoms with Gasteiger partial charge < -0.3 is 25.3 Å². The Kier molecular flexibility index (Phi) is 7.33. The molecule has 0 bridgehead atoms. The Hall–Kier alpha value is -3.55. The predicted octanol–water partition coefficient (Wildman–Crippen LogP) is 5.14. The zero-order chi connectivity index (χ0) is 29.7. The van der Waals surface area contributed by atoms with Crippen molar-refractivity contribution in [1.29, 1.82) is 0 Å². The highest BCUT2D eigenvalue weighted by Gasteiger charge is 2.49. The van der Waals surface area contributed by atoms with E-state index in [1.165, 1.54) is 0 Å². The summed E-state index contributed by atoms with van der Waals surface area (Å²) in [7, 11) is 0. The van der Waals surface area contributed by atoms with Crippen LogP contribution in [-0.2, 0) is 9.53 Å². The molecule has 14 heteroatoms. The number of hydrogen-bond acceptors (Lipinski definition) is 6. The molecule has 1 aromatic carbocycles. The molecular formula is C27H30F5N5O4. The van der Waals surface area contributed by atoms with Gasteiger partial charge in [-0.25, -0.2) is 13.8 Å². The molecule has 4 N–H and O–H groups in total. The van der Waals surface area contributed by atoms with Crippen LogP contribution in [0.25, 0.3) is 11.0 Å². The van der Waals surface area contributed by atoms with E-state index in [4.69, 9.17) is 15.0 Å². The Morgan fingerprint density at radius 3 is 2.56 bits per heavy atom. The van der Waals surface area contributed by atoms with Crippen molar-refractivity contribution in [3.05, 3.63) is 47.1 Å². The van der Waals surface area contributed by atoms with Gasteiger partial charge in [-0.2, -0.15) is 13.2 Å². The van der Waals surface area contributed by atoms with Gasteiger partial charge in [0.25, 0.3) is 5.91 Å². The molecule has 0 unspecified atom stereocenters. The van der Waals surface area contributed by atoms with Crippen molar-refractivity contribution in [2.75, 3.05) is 6.61 Å². The summed E-state index contributed by atoms with van der Waals surface area (Å²) in [5.41, 5.74) is 4.55. The van der Waals surface area contributed by atoms with E-state index in [1.807, 2.05) is 0 Å². The molecule has 2 aromatic heterocycles. The quantitative estimate of drug-likeness (QED) is 0.268. The minimum absolute atomic E-state index is 0.0339. The molecule has 9 nitrogen and oxygen atoms in total. The average Bonchev–Trinajstić information content (AvgIpc) is 3.41. The van der Waals surface area contributed by atoms with Crippen molar-refractivity contribution in [3.63, 3.8) is 0 Å². The lowest BCUT2D eigenvalue weighted by Gasteiger charge is -2.34. The molecule has 41 heavy (non-hydrogen) atoms. The van der Waals surface area contributed by atoms with Crippen LogP contribution in [-0.4, -0.2) is 51.2 Å². The van der Waals surface area contributed by atoms with Gasteiger partial charge >= 0.3 is 6.18 Å². The number of fused-ring (bicyclic) bond motifs is 1. The van der Waals surface area contributed by atoms with Gasteiger partial charge in [-0.1, -0.05) is 11.2 Å². The van der Waals surface area contributed by atoms with Gasteiger partial charge in [0.1, 0.15) is 12.1 Å². The van der Waals surface area contributed by atoms with Crippen LogP contribution in [0.3, 0.4) is 0 Å². The van der Waals surface area contributed by atoms with Gasteiger partial charge in [0.2, 0.25) is 11.8 Å². The number of halogens is 5. The number of benzene rings is 1. The van der Waals surface area contributed by atoms with E-state index in [0.29, 0.717) is 11.0 Å². The van der Waals surface area contributed by atoms with Crippen LogP contribution >= 0.6 is 0 Å². The first-order valence-electron chi connectivity index (χ1n) is 13.2. The number of carbonyl (C=O) groups is 2. The first kappa shape index (κ1) is 29.0. The van der Waals surface area contributed by atoms with Gasteiger partial charge in [0.05, 0.1) is 29.6 Å². The number of carbonyl (C=O) groups excluding carboxylic acids is 2. The fourth-order valence-corrected chi connectivity index (χ4v) is 5.10. The molecule has 2 saturated carbocycles. The molecule has 2 amide bonds. The van der Waals surface area contributed by atoms with Gasteiger partial charge in [-0.3, -0.25) is 9.59 Å². The third-order valence-corrected chi connectivity index (χ3v) is 7.77. The minimum atomic E-state index is -4.66. The highest BCUT2D eigenvalue weighted by atomic mass is 19.4. The number of H-pyrrole nitrogens is 1. The van der Waals surface area contributed by atoms with Crippen molar-refractivity contribution in [2.24, 2.45) is 17.6 Å². The van der Waals surface area contributed by atoms with E-state index in [2.05, 4.69) is 20.4 Å². The first-order valence-corrected chi connectivity index (χ1v) is 13.2. The molecule has 2 heterocycles. The molecule has 2 aliphatic carbocycles. The summed E-state index contributed by atoms with van der Waals surface area (Å²) in [4.78, 5) is 32.2. The third-order valence-electron chi connectivity index (χ3n) is 7.77. The number of imidazole rings is 1. The third kappa shape index (κ3) is 6.21. The van der Waals surface area contributed by atoms with E-state index in [0.717, 1.165) is 38.5 Å². The highest BCUT2D eigenvalue weighted by Crippen LogP contribution is 2.45.